The summed E-state index contributed by atoms with van der Waals surface area (Å²) in [6.07, 6.45) is -0.163. The number of aliphatic hydroxyl groups excluding tert-OH is 2. The molecular weight excluding hydrogens is 230 g/mol. The lowest BCUT2D eigenvalue weighted by atomic mass is 10.2. The van der Waals surface area contributed by atoms with Gasteiger partial charge in [0.1, 0.15) is 18.5 Å². The van der Waals surface area contributed by atoms with E-state index in [-0.39, 0.29) is 12.7 Å². The third kappa shape index (κ3) is 6.59. The Hall–Kier alpha value is -1.10. The van der Waals surface area contributed by atoms with E-state index in [1.165, 1.54) is 0 Å². The van der Waals surface area contributed by atoms with Gasteiger partial charge in [-0.05, 0) is 44.5 Å². The van der Waals surface area contributed by atoms with Crippen LogP contribution in [0.2, 0.25) is 0 Å². The molecule has 2 unspecified atom stereocenters. The zero-order valence-corrected chi connectivity index (χ0v) is 11.1. The van der Waals surface area contributed by atoms with Crippen molar-refractivity contribution < 1.29 is 14.9 Å². The van der Waals surface area contributed by atoms with Gasteiger partial charge in [0.2, 0.25) is 0 Å². The van der Waals surface area contributed by atoms with E-state index < -0.39 is 6.10 Å². The normalized spacial score (nSPS) is 14.2. The quantitative estimate of drug-likeness (QED) is 0.607. The van der Waals surface area contributed by atoms with Gasteiger partial charge in [-0.3, -0.25) is 0 Å². The molecule has 0 amide bonds. The first kappa shape index (κ1) is 15.0. The molecule has 0 heterocycles. The molecule has 4 nitrogen and oxygen atoms in total. The van der Waals surface area contributed by atoms with E-state index in [4.69, 9.17) is 9.84 Å². The number of benzene rings is 1. The molecule has 1 rings (SSSR count). The Bertz CT molecular complexity index is 342. The predicted octanol–water partition coefficient (Wildman–Crippen LogP) is 1.10. The molecule has 0 radical (unpaired) electrons. The molecule has 3 N–H and O–H groups in total. The maximum absolute atomic E-state index is 9.70. The Labute approximate surface area is 109 Å². The third-order valence-corrected chi connectivity index (χ3v) is 2.55. The molecule has 102 valence electrons. The second kappa shape index (κ2) is 8.08. The highest BCUT2D eigenvalue weighted by atomic mass is 16.5. The molecule has 0 aliphatic rings. The number of aryl methyl sites for hydroxylation is 1. The van der Waals surface area contributed by atoms with Gasteiger partial charge in [0.25, 0.3) is 0 Å². The van der Waals surface area contributed by atoms with Crippen molar-refractivity contribution in [3.63, 3.8) is 0 Å². The maximum atomic E-state index is 9.70. The van der Waals surface area contributed by atoms with Gasteiger partial charge < -0.3 is 20.3 Å². The highest BCUT2D eigenvalue weighted by Crippen LogP contribution is 2.12. The lowest BCUT2D eigenvalue weighted by Crippen LogP contribution is -2.32. The van der Waals surface area contributed by atoms with Crippen molar-refractivity contribution >= 4 is 0 Å². The molecule has 0 aliphatic carbocycles. The molecule has 0 bridgehead atoms. The topological polar surface area (TPSA) is 61.7 Å². The molecule has 0 aliphatic heterocycles. The van der Waals surface area contributed by atoms with Gasteiger partial charge in [-0.25, -0.2) is 0 Å². The molecule has 0 saturated heterocycles. The van der Waals surface area contributed by atoms with Crippen molar-refractivity contribution in [2.75, 3.05) is 19.7 Å². The number of aliphatic hydroxyl groups is 2. The van der Waals surface area contributed by atoms with Crippen molar-refractivity contribution in [3.8, 4) is 5.75 Å². The van der Waals surface area contributed by atoms with Crippen LogP contribution in [-0.2, 0) is 0 Å². The molecule has 0 spiro atoms. The van der Waals surface area contributed by atoms with Crippen molar-refractivity contribution in [2.24, 2.45) is 0 Å². The first-order valence-corrected chi connectivity index (χ1v) is 6.34. The fourth-order valence-electron chi connectivity index (χ4n) is 1.54. The predicted molar refractivity (Wildman–Crippen MR) is 71.8 cm³/mol. The highest BCUT2D eigenvalue weighted by molar-refractivity contribution is 5.27. The molecule has 18 heavy (non-hydrogen) atoms. The fourth-order valence-corrected chi connectivity index (χ4v) is 1.54. The van der Waals surface area contributed by atoms with Gasteiger partial charge in [-0.15, -0.1) is 0 Å². The van der Waals surface area contributed by atoms with Crippen LogP contribution in [0, 0.1) is 6.92 Å². The Morgan fingerprint density at radius 1 is 1.33 bits per heavy atom. The Morgan fingerprint density at radius 2 is 2.11 bits per heavy atom. The van der Waals surface area contributed by atoms with Crippen molar-refractivity contribution in [2.45, 2.75) is 32.5 Å². The Kier molecular flexibility index (Phi) is 6.72. The van der Waals surface area contributed by atoms with Gasteiger partial charge in [0.05, 0.1) is 6.10 Å². The van der Waals surface area contributed by atoms with Gasteiger partial charge in [-0.2, -0.15) is 0 Å². The lowest BCUT2D eigenvalue weighted by Gasteiger charge is -2.14. The number of hydrogen-bond acceptors (Lipinski definition) is 4. The summed E-state index contributed by atoms with van der Waals surface area (Å²) in [5.74, 6) is 0.776. The van der Waals surface area contributed by atoms with Crippen LogP contribution in [-0.4, -0.2) is 42.1 Å². The van der Waals surface area contributed by atoms with E-state index in [1.54, 1.807) is 6.92 Å². The molecule has 0 aromatic heterocycles. The molecular formula is C14H23NO3. The standard InChI is InChI=1S/C14H23NO3/c1-11-4-3-5-14(8-11)18-10-13(17)9-15-7-6-12(2)16/h3-5,8,12-13,15-17H,6-7,9-10H2,1-2H3. The van der Waals surface area contributed by atoms with E-state index in [0.29, 0.717) is 19.5 Å². The average molecular weight is 253 g/mol. The minimum atomic E-state index is -0.542. The second-order valence-electron chi connectivity index (χ2n) is 4.62. The molecule has 4 heteroatoms. The molecule has 2 atom stereocenters. The van der Waals surface area contributed by atoms with Gasteiger partial charge in [-0.1, -0.05) is 12.1 Å². The molecule has 1 aromatic carbocycles. The summed E-state index contributed by atoms with van der Waals surface area (Å²) in [5, 5.41) is 21.8. The molecule has 0 fully saturated rings. The zero-order valence-electron chi connectivity index (χ0n) is 11.1. The number of nitrogens with one attached hydrogen (secondary N) is 1. The SMILES string of the molecule is Cc1cccc(OCC(O)CNCCC(C)O)c1. The largest absolute Gasteiger partial charge is 0.491 e. The minimum absolute atomic E-state index is 0.269. The summed E-state index contributed by atoms with van der Waals surface area (Å²) in [7, 11) is 0. The minimum Gasteiger partial charge on any atom is -0.491 e. The highest BCUT2D eigenvalue weighted by Gasteiger charge is 2.05. The van der Waals surface area contributed by atoms with Crippen molar-refractivity contribution in [3.05, 3.63) is 29.8 Å². The van der Waals surface area contributed by atoms with E-state index in [9.17, 15) is 5.11 Å². The van der Waals surface area contributed by atoms with Crippen LogP contribution < -0.4 is 10.1 Å². The first-order valence-electron chi connectivity index (χ1n) is 6.34. The van der Waals surface area contributed by atoms with Gasteiger partial charge in [0.15, 0.2) is 0 Å². The Balaban J connectivity index is 2.15. The number of hydrogen-bond donors (Lipinski definition) is 3. The van der Waals surface area contributed by atoms with Crippen LogP contribution in [0.15, 0.2) is 24.3 Å². The van der Waals surface area contributed by atoms with Gasteiger partial charge >= 0.3 is 0 Å². The van der Waals surface area contributed by atoms with Crippen LogP contribution in [0.25, 0.3) is 0 Å². The van der Waals surface area contributed by atoms with E-state index in [1.807, 2.05) is 31.2 Å². The zero-order chi connectivity index (χ0) is 13.4. The van der Waals surface area contributed by atoms with Crippen LogP contribution >= 0.6 is 0 Å². The van der Waals surface area contributed by atoms with Crippen LogP contribution in [0.1, 0.15) is 18.9 Å². The van der Waals surface area contributed by atoms with Crippen LogP contribution in [0.3, 0.4) is 0 Å². The van der Waals surface area contributed by atoms with Crippen LogP contribution in [0.4, 0.5) is 0 Å². The summed E-state index contributed by atoms with van der Waals surface area (Å²) in [6, 6.07) is 7.74. The van der Waals surface area contributed by atoms with Gasteiger partial charge in [0, 0.05) is 6.54 Å². The van der Waals surface area contributed by atoms with E-state index in [2.05, 4.69) is 5.32 Å². The fraction of sp³-hybridized carbons (Fsp3) is 0.571. The summed E-state index contributed by atoms with van der Waals surface area (Å²) in [4.78, 5) is 0. The number of rotatable bonds is 8. The van der Waals surface area contributed by atoms with E-state index in [0.717, 1.165) is 11.3 Å². The second-order valence-corrected chi connectivity index (χ2v) is 4.62. The lowest BCUT2D eigenvalue weighted by molar-refractivity contribution is 0.104. The Morgan fingerprint density at radius 3 is 2.78 bits per heavy atom. The smallest absolute Gasteiger partial charge is 0.119 e. The third-order valence-electron chi connectivity index (χ3n) is 2.55. The maximum Gasteiger partial charge on any atom is 0.119 e. The monoisotopic (exact) mass is 253 g/mol. The van der Waals surface area contributed by atoms with E-state index >= 15 is 0 Å². The average Bonchev–Trinajstić information content (AvgIpc) is 2.32. The van der Waals surface area contributed by atoms with Crippen molar-refractivity contribution in [1.29, 1.82) is 0 Å². The van der Waals surface area contributed by atoms with Crippen LogP contribution in [0.5, 0.6) is 5.75 Å². The molecule has 0 saturated carbocycles. The summed E-state index contributed by atoms with van der Waals surface area (Å²) >= 11 is 0. The first-order chi connectivity index (χ1) is 8.58. The summed E-state index contributed by atoms with van der Waals surface area (Å²) in [5.41, 5.74) is 1.14. The number of ether oxygens (including phenoxy) is 1. The molecule has 1 aromatic rings. The van der Waals surface area contributed by atoms with Crippen molar-refractivity contribution in [1.82, 2.24) is 5.32 Å². The summed E-state index contributed by atoms with van der Waals surface area (Å²) in [6.45, 7) is 5.18. The summed E-state index contributed by atoms with van der Waals surface area (Å²) < 4.78 is 5.49.